The van der Waals surface area contributed by atoms with Crippen molar-refractivity contribution in [1.82, 2.24) is 4.57 Å². The molecule has 7 aromatic carbocycles. The molecule has 0 unspecified atom stereocenters. The van der Waals surface area contributed by atoms with Crippen molar-refractivity contribution in [3.63, 3.8) is 0 Å². The molecule has 0 spiro atoms. The van der Waals surface area contributed by atoms with Crippen LogP contribution in [0.2, 0.25) is 0 Å². The SMILES string of the molecule is Brc1ccccc1-n1c2ccc(-c3cccc4ccccc34)cc2c2cc(-c3cccc4ccccc34)ccc21. The van der Waals surface area contributed by atoms with E-state index in [1.54, 1.807) is 0 Å². The van der Waals surface area contributed by atoms with Gasteiger partial charge in [-0.05, 0) is 96.1 Å². The largest absolute Gasteiger partial charge is 0.308 e. The minimum atomic E-state index is 1.07. The highest BCUT2D eigenvalue weighted by Gasteiger charge is 2.17. The van der Waals surface area contributed by atoms with Crippen LogP contribution in [-0.2, 0) is 0 Å². The Morgan fingerprint density at radius 2 is 0.875 bits per heavy atom. The zero-order valence-corrected chi connectivity index (χ0v) is 23.3. The van der Waals surface area contributed by atoms with Crippen LogP contribution >= 0.6 is 15.9 Å². The van der Waals surface area contributed by atoms with E-state index in [2.05, 4.69) is 166 Å². The fraction of sp³-hybridized carbons (Fsp3) is 0. The van der Waals surface area contributed by atoms with Crippen LogP contribution in [0.25, 0.3) is 71.3 Å². The Labute approximate surface area is 241 Å². The molecular weight excluding hydrogens is 550 g/mol. The van der Waals surface area contributed by atoms with Gasteiger partial charge in [0, 0.05) is 15.2 Å². The molecule has 0 saturated carbocycles. The summed E-state index contributed by atoms with van der Waals surface area (Å²) in [4.78, 5) is 0. The molecule has 0 radical (unpaired) electrons. The van der Waals surface area contributed by atoms with Gasteiger partial charge < -0.3 is 4.57 Å². The van der Waals surface area contributed by atoms with Crippen molar-refractivity contribution in [1.29, 1.82) is 0 Å². The highest BCUT2D eigenvalue weighted by Crippen LogP contribution is 2.40. The van der Waals surface area contributed by atoms with Gasteiger partial charge in [0.05, 0.1) is 16.7 Å². The zero-order chi connectivity index (χ0) is 26.6. The highest BCUT2D eigenvalue weighted by atomic mass is 79.9. The number of halogens is 1. The Morgan fingerprint density at radius 3 is 1.43 bits per heavy atom. The molecular formula is C38H24BrN. The molecule has 0 fully saturated rings. The lowest BCUT2D eigenvalue weighted by Crippen LogP contribution is -1.95. The highest BCUT2D eigenvalue weighted by molar-refractivity contribution is 9.10. The first-order valence-corrected chi connectivity index (χ1v) is 14.3. The number of aromatic nitrogens is 1. The first kappa shape index (κ1) is 23.2. The van der Waals surface area contributed by atoms with E-state index >= 15 is 0 Å². The van der Waals surface area contributed by atoms with Crippen LogP contribution in [0, 0.1) is 0 Å². The quantitative estimate of drug-likeness (QED) is 0.198. The Bertz CT molecular complexity index is 2090. The minimum absolute atomic E-state index is 1.07. The predicted octanol–water partition coefficient (Wildman–Crippen LogP) is 11.2. The summed E-state index contributed by atoms with van der Waals surface area (Å²) in [6.07, 6.45) is 0. The van der Waals surface area contributed by atoms with Crippen molar-refractivity contribution in [2.75, 3.05) is 0 Å². The Balaban J connectivity index is 1.45. The lowest BCUT2D eigenvalue weighted by atomic mass is 9.95. The summed E-state index contributed by atoms with van der Waals surface area (Å²) in [6, 6.07) is 52.7. The molecule has 2 heteroatoms. The van der Waals surface area contributed by atoms with E-state index in [0.29, 0.717) is 0 Å². The van der Waals surface area contributed by atoms with Gasteiger partial charge in [0.1, 0.15) is 0 Å². The molecule has 0 aliphatic rings. The Hall–Kier alpha value is -4.66. The van der Waals surface area contributed by atoms with Crippen molar-refractivity contribution >= 4 is 59.3 Å². The van der Waals surface area contributed by atoms with Gasteiger partial charge in [0.2, 0.25) is 0 Å². The monoisotopic (exact) mass is 573 g/mol. The summed E-state index contributed by atoms with van der Waals surface area (Å²) in [5.74, 6) is 0. The van der Waals surface area contributed by atoms with E-state index in [4.69, 9.17) is 0 Å². The first-order chi connectivity index (χ1) is 19.8. The van der Waals surface area contributed by atoms with E-state index in [9.17, 15) is 0 Å². The number of para-hydroxylation sites is 1. The molecule has 1 heterocycles. The first-order valence-electron chi connectivity index (χ1n) is 13.6. The molecule has 0 amide bonds. The van der Waals surface area contributed by atoms with Crippen molar-refractivity contribution in [2.24, 2.45) is 0 Å². The molecule has 1 aromatic heterocycles. The Kier molecular flexibility index (Phi) is 5.36. The van der Waals surface area contributed by atoms with Crippen molar-refractivity contribution in [2.45, 2.75) is 0 Å². The van der Waals surface area contributed by atoms with Crippen LogP contribution in [0.5, 0.6) is 0 Å². The molecule has 0 bridgehead atoms. The normalized spacial score (nSPS) is 11.6. The molecule has 0 aliphatic carbocycles. The molecule has 8 aromatic rings. The van der Waals surface area contributed by atoms with Crippen LogP contribution in [0.4, 0.5) is 0 Å². The van der Waals surface area contributed by atoms with Gasteiger partial charge in [-0.25, -0.2) is 0 Å². The summed E-state index contributed by atoms with van der Waals surface area (Å²) in [5, 5.41) is 7.56. The second kappa shape index (κ2) is 9.22. The molecule has 40 heavy (non-hydrogen) atoms. The summed E-state index contributed by atoms with van der Waals surface area (Å²) < 4.78 is 3.46. The average molecular weight is 575 g/mol. The zero-order valence-electron chi connectivity index (χ0n) is 21.7. The fourth-order valence-electron chi connectivity index (χ4n) is 6.21. The van der Waals surface area contributed by atoms with E-state index in [0.717, 1.165) is 10.2 Å². The molecule has 0 N–H and O–H groups in total. The standard InChI is InChI=1S/C38H24BrN/c39-35-17-5-6-18-38(35)40-36-21-19-27(31-15-7-11-25-9-1-3-13-29(25)31)23-33(36)34-24-28(20-22-37(34)40)32-16-8-12-26-10-2-4-14-30(26)32/h1-24H. The number of hydrogen-bond acceptors (Lipinski definition) is 0. The summed E-state index contributed by atoms with van der Waals surface area (Å²) in [6.45, 7) is 0. The van der Waals surface area contributed by atoms with Crippen LogP contribution in [0.1, 0.15) is 0 Å². The number of fused-ring (bicyclic) bond motifs is 5. The van der Waals surface area contributed by atoms with E-state index in [1.807, 2.05) is 0 Å². The lowest BCUT2D eigenvalue weighted by molar-refractivity contribution is 1.17. The summed E-state index contributed by atoms with van der Waals surface area (Å²) in [5.41, 5.74) is 8.50. The van der Waals surface area contributed by atoms with Gasteiger partial charge in [0.25, 0.3) is 0 Å². The number of nitrogens with zero attached hydrogens (tertiary/aromatic N) is 1. The number of rotatable bonds is 3. The van der Waals surface area contributed by atoms with Crippen LogP contribution in [-0.4, -0.2) is 4.57 Å². The van der Waals surface area contributed by atoms with Gasteiger partial charge in [-0.1, -0.05) is 109 Å². The Morgan fingerprint density at radius 1 is 0.400 bits per heavy atom. The second-order valence-corrected chi connectivity index (χ2v) is 11.2. The maximum atomic E-state index is 3.83. The summed E-state index contributed by atoms with van der Waals surface area (Å²) in [7, 11) is 0. The second-order valence-electron chi connectivity index (χ2n) is 10.3. The smallest absolute Gasteiger partial charge is 0.0604 e. The maximum Gasteiger partial charge on any atom is 0.0604 e. The number of benzene rings is 7. The maximum absolute atomic E-state index is 3.83. The summed E-state index contributed by atoms with van der Waals surface area (Å²) >= 11 is 3.83. The fourth-order valence-corrected chi connectivity index (χ4v) is 6.67. The minimum Gasteiger partial charge on any atom is -0.308 e. The predicted molar refractivity (Wildman–Crippen MR) is 174 cm³/mol. The third-order valence-electron chi connectivity index (χ3n) is 8.06. The van der Waals surface area contributed by atoms with Gasteiger partial charge >= 0.3 is 0 Å². The molecule has 1 nitrogen and oxygen atoms in total. The topological polar surface area (TPSA) is 4.93 Å². The average Bonchev–Trinajstić information content (AvgIpc) is 3.33. The van der Waals surface area contributed by atoms with E-state index in [-0.39, 0.29) is 0 Å². The molecule has 8 rings (SSSR count). The van der Waals surface area contributed by atoms with Crippen molar-refractivity contribution < 1.29 is 0 Å². The van der Waals surface area contributed by atoms with Gasteiger partial charge in [-0.3, -0.25) is 0 Å². The third-order valence-corrected chi connectivity index (χ3v) is 8.73. The van der Waals surface area contributed by atoms with Crippen LogP contribution < -0.4 is 0 Å². The van der Waals surface area contributed by atoms with Gasteiger partial charge in [-0.2, -0.15) is 0 Å². The third kappa shape index (κ3) is 3.61. The van der Waals surface area contributed by atoms with Gasteiger partial charge in [-0.15, -0.1) is 0 Å². The van der Waals surface area contributed by atoms with Gasteiger partial charge in [0.15, 0.2) is 0 Å². The molecule has 0 atom stereocenters. The molecule has 0 aliphatic heterocycles. The van der Waals surface area contributed by atoms with E-state index in [1.165, 1.54) is 65.6 Å². The molecule has 188 valence electrons. The van der Waals surface area contributed by atoms with Crippen molar-refractivity contribution in [3.8, 4) is 27.9 Å². The number of hydrogen-bond donors (Lipinski definition) is 0. The van der Waals surface area contributed by atoms with Crippen LogP contribution in [0.15, 0.2) is 150 Å². The van der Waals surface area contributed by atoms with Crippen LogP contribution in [0.3, 0.4) is 0 Å². The van der Waals surface area contributed by atoms with E-state index < -0.39 is 0 Å². The van der Waals surface area contributed by atoms with Crippen molar-refractivity contribution in [3.05, 3.63) is 150 Å². The lowest BCUT2D eigenvalue weighted by Gasteiger charge is -2.11. The molecule has 0 saturated heterocycles.